The Kier molecular flexibility index (Phi) is 4.93. The van der Waals surface area contributed by atoms with Gasteiger partial charge in [-0.05, 0) is 0 Å². The van der Waals surface area contributed by atoms with E-state index in [-0.39, 0.29) is 6.42 Å². The van der Waals surface area contributed by atoms with Gasteiger partial charge < -0.3 is 39.3 Å². The monoisotopic (exact) mass is 444 g/mol. The van der Waals surface area contributed by atoms with Crippen molar-refractivity contribution in [2.45, 2.75) is 43.2 Å². The second-order valence-electron chi connectivity index (χ2n) is 6.92. The molecule has 2 aliphatic rings. The van der Waals surface area contributed by atoms with Gasteiger partial charge in [-0.15, -0.1) is 0 Å². The fourth-order valence-corrected chi connectivity index (χ4v) is 5.64. The number of aromatic nitrogens is 2. The fourth-order valence-electron chi connectivity index (χ4n) is 3.51. The van der Waals surface area contributed by atoms with Crippen molar-refractivity contribution in [2.75, 3.05) is 0 Å². The number of aromatic amines is 1. The summed E-state index contributed by atoms with van der Waals surface area (Å²) < 4.78 is 33.6. The number of aliphatic hydroxyl groups is 2. The number of hydrogen-bond donors (Lipinski definition) is 7. The Morgan fingerprint density at radius 2 is 1.86 bits per heavy atom. The molecule has 1 saturated carbocycles. The van der Waals surface area contributed by atoms with E-state index in [1.54, 1.807) is 0 Å². The lowest BCUT2D eigenvalue weighted by Gasteiger charge is -2.29. The van der Waals surface area contributed by atoms with Crippen LogP contribution in [0.1, 0.15) is 13.3 Å². The van der Waals surface area contributed by atoms with Gasteiger partial charge in [0.05, 0.1) is 6.10 Å². The van der Waals surface area contributed by atoms with Crippen LogP contribution in [0.15, 0.2) is 21.9 Å². The molecule has 1 aliphatic carbocycles. The average Bonchev–Trinajstić information content (AvgIpc) is 3.06. The van der Waals surface area contributed by atoms with Crippen molar-refractivity contribution in [2.24, 2.45) is 5.41 Å². The molecule has 14 nitrogen and oxygen atoms in total. The van der Waals surface area contributed by atoms with Crippen molar-refractivity contribution in [3.63, 3.8) is 0 Å². The highest BCUT2D eigenvalue weighted by atomic mass is 31.2. The summed E-state index contributed by atoms with van der Waals surface area (Å²) in [5.74, 6) is 0. The molecule has 1 aromatic rings. The van der Waals surface area contributed by atoms with Gasteiger partial charge in [0, 0.05) is 24.1 Å². The third kappa shape index (κ3) is 3.25. The standard InChI is InChI=1S/C12H18N2O12P2/c1-11-4-12(11,14-3-2-5(15)13-9(14)18)26-6(7(11)16)8(17)25-10(27(19,20)21)28(22,23)24/h2-3,6-8,10,16-17H,4H2,1H3,(H,13,15,18)(H2,19,20,21)(H2,22,23,24)/t6-,7+,8?,11-,12-/m0/s1. The highest BCUT2D eigenvalue weighted by Crippen LogP contribution is 2.70. The maximum Gasteiger partial charge on any atom is 0.366 e. The lowest BCUT2D eigenvalue weighted by molar-refractivity contribution is -0.213. The summed E-state index contributed by atoms with van der Waals surface area (Å²) in [6.45, 7) is 1.49. The number of H-pyrrole nitrogens is 1. The van der Waals surface area contributed by atoms with Gasteiger partial charge in [-0.3, -0.25) is 23.5 Å². The second-order valence-corrected chi connectivity index (χ2v) is 10.6. The maximum atomic E-state index is 12.1. The Hall–Kier alpha value is -1.18. The van der Waals surface area contributed by atoms with Gasteiger partial charge >= 0.3 is 20.9 Å². The number of nitrogens with zero attached hydrogens (tertiary/aromatic N) is 1. The quantitative estimate of drug-likeness (QED) is 0.176. The van der Waals surface area contributed by atoms with Crippen LogP contribution in [0.5, 0.6) is 0 Å². The van der Waals surface area contributed by atoms with Crippen LogP contribution in [0.25, 0.3) is 0 Å². The van der Waals surface area contributed by atoms with E-state index in [9.17, 15) is 28.9 Å². The summed E-state index contributed by atoms with van der Waals surface area (Å²) >= 11 is 0. The number of aliphatic hydroxyl groups excluding tert-OH is 2. The van der Waals surface area contributed by atoms with E-state index in [0.717, 1.165) is 16.8 Å². The third-order valence-corrected chi connectivity index (χ3v) is 8.20. The third-order valence-electron chi connectivity index (χ3n) is 5.00. The van der Waals surface area contributed by atoms with E-state index in [1.165, 1.54) is 6.92 Å². The number of rotatable bonds is 6. The molecular formula is C12H18N2O12P2. The molecule has 7 N–H and O–H groups in total. The number of ether oxygens (including phenoxy) is 2. The minimum absolute atomic E-state index is 0.0940. The zero-order valence-electron chi connectivity index (χ0n) is 14.1. The first kappa shape index (κ1) is 21.5. The molecule has 5 atom stereocenters. The van der Waals surface area contributed by atoms with Crippen LogP contribution >= 0.6 is 15.2 Å². The summed E-state index contributed by atoms with van der Waals surface area (Å²) in [5.41, 5.74) is -7.15. The fraction of sp³-hybridized carbons (Fsp3) is 0.667. The maximum absolute atomic E-state index is 12.1. The van der Waals surface area contributed by atoms with Crippen LogP contribution in [-0.4, -0.2) is 63.4 Å². The smallest absolute Gasteiger partial charge is 0.366 e. The van der Waals surface area contributed by atoms with Crippen molar-refractivity contribution in [1.82, 2.24) is 9.55 Å². The first-order valence-corrected chi connectivity index (χ1v) is 11.1. The van der Waals surface area contributed by atoms with Crippen molar-refractivity contribution < 1.29 is 48.4 Å². The van der Waals surface area contributed by atoms with Crippen molar-refractivity contribution in [3.8, 4) is 0 Å². The summed E-state index contributed by atoms with van der Waals surface area (Å²) in [6.07, 6.45) is -4.37. The Morgan fingerprint density at radius 1 is 1.29 bits per heavy atom. The number of nitrogens with one attached hydrogen (secondary N) is 1. The Morgan fingerprint density at radius 3 is 2.36 bits per heavy atom. The lowest BCUT2D eigenvalue weighted by atomic mass is 9.97. The summed E-state index contributed by atoms with van der Waals surface area (Å²) in [6, 6.07) is 1.03. The normalized spacial score (nSPS) is 33.7. The van der Waals surface area contributed by atoms with E-state index >= 15 is 0 Å². The van der Waals surface area contributed by atoms with Gasteiger partial charge in [-0.1, -0.05) is 6.92 Å². The largest absolute Gasteiger partial charge is 0.389 e. The molecule has 1 aliphatic heterocycles. The molecule has 3 rings (SSSR count). The number of fused-ring (bicyclic) bond motifs is 1. The van der Waals surface area contributed by atoms with Gasteiger partial charge in [0.2, 0.25) is 0 Å². The molecule has 0 spiro atoms. The number of hydrogen-bond acceptors (Lipinski definition) is 8. The van der Waals surface area contributed by atoms with Crippen LogP contribution in [0.2, 0.25) is 0 Å². The molecule has 1 aromatic heterocycles. The first-order valence-electron chi connectivity index (χ1n) is 7.76. The minimum Gasteiger partial charge on any atom is -0.389 e. The van der Waals surface area contributed by atoms with Crippen LogP contribution in [-0.2, 0) is 24.3 Å². The molecule has 16 heteroatoms. The SMILES string of the molecule is C[C@@]12C[C@]1(n1ccc(=O)[nH]c1=O)O[C@H](C(O)OC(P(=O)(O)O)P(=O)(O)O)[C@H]2O. The van der Waals surface area contributed by atoms with Crippen molar-refractivity contribution in [1.29, 1.82) is 0 Å². The van der Waals surface area contributed by atoms with Gasteiger partial charge in [0.1, 0.15) is 6.10 Å². The molecule has 2 heterocycles. The molecule has 158 valence electrons. The highest BCUT2D eigenvalue weighted by Gasteiger charge is 2.79. The average molecular weight is 444 g/mol. The van der Waals surface area contributed by atoms with Crippen LogP contribution in [0, 0.1) is 5.41 Å². The molecule has 0 radical (unpaired) electrons. The van der Waals surface area contributed by atoms with Gasteiger partial charge in [0.25, 0.3) is 11.1 Å². The van der Waals surface area contributed by atoms with Crippen molar-refractivity contribution in [3.05, 3.63) is 33.1 Å². The van der Waals surface area contributed by atoms with Gasteiger partial charge in [0.15, 0.2) is 12.0 Å². The predicted molar refractivity (Wildman–Crippen MR) is 87.9 cm³/mol. The summed E-state index contributed by atoms with van der Waals surface area (Å²) in [7, 11) is -11.0. The van der Waals surface area contributed by atoms with Gasteiger partial charge in [-0.25, -0.2) is 4.79 Å². The molecule has 0 bridgehead atoms. The van der Waals surface area contributed by atoms with Crippen LogP contribution < -0.4 is 11.2 Å². The van der Waals surface area contributed by atoms with Crippen LogP contribution in [0.3, 0.4) is 0 Å². The zero-order valence-corrected chi connectivity index (χ0v) is 15.9. The Balaban J connectivity index is 1.89. The van der Waals surface area contributed by atoms with Crippen molar-refractivity contribution >= 4 is 15.2 Å². The van der Waals surface area contributed by atoms with Crippen LogP contribution in [0.4, 0.5) is 0 Å². The molecule has 0 amide bonds. The van der Waals surface area contributed by atoms with Gasteiger partial charge in [-0.2, -0.15) is 0 Å². The Labute approximate surface area is 155 Å². The summed E-state index contributed by atoms with van der Waals surface area (Å²) in [5, 5.41) is 20.6. The van der Waals surface area contributed by atoms with E-state index in [2.05, 4.69) is 4.74 Å². The first-order chi connectivity index (χ1) is 12.6. The molecule has 1 saturated heterocycles. The summed E-state index contributed by atoms with van der Waals surface area (Å²) in [4.78, 5) is 61.6. The minimum atomic E-state index is -5.50. The Bertz CT molecular complexity index is 973. The zero-order chi connectivity index (χ0) is 21.3. The lowest BCUT2D eigenvalue weighted by Crippen LogP contribution is -2.43. The molecule has 28 heavy (non-hydrogen) atoms. The molecular weight excluding hydrogens is 426 g/mol. The topological polar surface area (TPSA) is 229 Å². The van der Waals surface area contributed by atoms with E-state index in [1.807, 2.05) is 4.98 Å². The van der Waals surface area contributed by atoms with E-state index in [4.69, 9.17) is 24.3 Å². The molecule has 2 fully saturated rings. The second kappa shape index (κ2) is 6.41. The molecule has 1 unspecified atom stereocenters. The predicted octanol–water partition coefficient (Wildman–Crippen LogP) is -2.67. The van der Waals surface area contributed by atoms with E-state index in [0.29, 0.717) is 0 Å². The van der Waals surface area contributed by atoms with E-state index < -0.39 is 61.7 Å². The molecule has 0 aromatic carbocycles. The highest BCUT2D eigenvalue weighted by molar-refractivity contribution is 7.70.